The van der Waals surface area contributed by atoms with Crippen LogP contribution in [0.15, 0.2) is 66.7 Å². The first-order chi connectivity index (χ1) is 17.0. The number of non-ortho nitro benzene ring substituents is 1. The second kappa shape index (κ2) is 11.3. The van der Waals surface area contributed by atoms with E-state index in [1.807, 2.05) is 30.3 Å². The molecule has 1 unspecified atom stereocenters. The minimum Gasteiger partial charge on any atom is -0.491 e. The molecule has 3 aromatic rings. The van der Waals surface area contributed by atoms with E-state index in [0.717, 1.165) is 22.4 Å². The lowest BCUT2D eigenvalue weighted by Gasteiger charge is -2.27. The molecule has 1 aliphatic rings. The number of ether oxygens (including phenoxy) is 6. The summed E-state index contributed by atoms with van der Waals surface area (Å²) in [6, 6.07) is 18.0. The van der Waals surface area contributed by atoms with Crippen LogP contribution in [-0.2, 0) is 27.4 Å². The lowest BCUT2D eigenvalue weighted by Crippen LogP contribution is -2.18. The summed E-state index contributed by atoms with van der Waals surface area (Å²) in [7, 11) is 1.62. The predicted molar refractivity (Wildman–Crippen MR) is 122 cm³/mol. The number of hydrogen-bond donors (Lipinski definition) is 0. The van der Waals surface area contributed by atoms with E-state index in [1.165, 1.54) is 24.3 Å². The topological polar surface area (TPSA) is 116 Å². The standard InChI is InChI=1S/C25H23NO9/c1-30-12-13-31-21-7-3-18(4-8-21)24-32-16-19-14-17(2-11-23(19)35-24)15-33-25(27)34-22-9-5-20(6-10-22)26(28)29/h2-11,14,24H,12-13,15-16H2,1H3. The first kappa shape index (κ1) is 24.0. The van der Waals surface area contributed by atoms with Crippen LogP contribution >= 0.6 is 0 Å². The zero-order valence-corrected chi connectivity index (χ0v) is 18.9. The van der Waals surface area contributed by atoms with E-state index in [-0.39, 0.29) is 18.0 Å². The Labute approximate surface area is 201 Å². The van der Waals surface area contributed by atoms with Crippen molar-refractivity contribution in [1.82, 2.24) is 0 Å². The molecule has 1 heterocycles. The summed E-state index contributed by atoms with van der Waals surface area (Å²) in [5.74, 6) is 1.56. The van der Waals surface area contributed by atoms with Gasteiger partial charge >= 0.3 is 6.16 Å². The van der Waals surface area contributed by atoms with E-state index in [4.69, 9.17) is 28.4 Å². The third-order valence-electron chi connectivity index (χ3n) is 5.06. The Morgan fingerprint density at radius 3 is 2.49 bits per heavy atom. The molecule has 3 aromatic carbocycles. The van der Waals surface area contributed by atoms with Crippen LogP contribution in [0.25, 0.3) is 0 Å². The molecule has 0 saturated heterocycles. The zero-order valence-electron chi connectivity index (χ0n) is 18.9. The number of nitro groups is 1. The van der Waals surface area contributed by atoms with Gasteiger partial charge in [-0.05, 0) is 54.1 Å². The van der Waals surface area contributed by atoms with Gasteiger partial charge in [0.1, 0.15) is 30.5 Å². The predicted octanol–water partition coefficient (Wildman–Crippen LogP) is 4.94. The van der Waals surface area contributed by atoms with Crippen LogP contribution < -0.4 is 14.2 Å². The Balaban J connectivity index is 1.29. The van der Waals surface area contributed by atoms with Gasteiger partial charge in [-0.3, -0.25) is 10.1 Å². The Kier molecular flexibility index (Phi) is 7.76. The zero-order chi connectivity index (χ0) is 24.6. The van der Waals surface area contributed by atoms with Crippen molar-refractivity contribution >= 4 is 11.8 Å². The SMILES string of the molecule is COCCOc1ccc(C2OCc3cc(COC(=O)Oc4ccc([N+](=O)[O-])cc4)ccc3O2)cc1. The van der Waals surface area contributed by atoms with E-state index < -0.39 is 17.4 Å². The molecule has 0 aromatic heterocycles. The summed E-state index contributed by atoms with van der Waals surface area (Å²) >= 11 is 0. The van der Waals surface area contributed by atoms with Crippen LogP contribution in [0, 0.1) is 10.1 Å². The molecule has 1 atom stereocenters. The molecule has 0 spiro atoms. The van der Waals surface area contributed by atoms with Crippen LogP contribution in [0.2, 0.25) is 0 Å². The number of rotatable bonds is 9. The maximum absolute atomic E-state index is 11.9. The fourth-order valence-electron chi connectivity index (χ4n) is 3.30. The van der Waals surface area contributed by atoms with Gasteiger partial charge in [-0.1, -0.05) is 6.07 Å². The smallest absolute Gasteiger partial charge is 0.491 e. The van der Waals surface area contributed by atoms with E-state index in [1.54, 1.807) is 19.2 Å². The summed E-state index contributed by atoms with van der Waals surface area (Å²) in [4.78, 5) is 22.1. The lowest BCUT2D eigenvalue weighted by atomic mass is 10.1. The second-order valence-electron chi connectivity index (χ2n) is 7.50. The molecule has 0 fully saturated rings. The summed E-state index contributed by atoms with van der Waals surface area (Å²) in [6.45, 7) is 1.29. The molecule has 182 valence electrons. The van der Waals surface area contributed by atoms with E-state index in [0.29, 0.717) is 25.6 Å². The number of nitro benzene ring substituents is 1. The number of benzene rings is 3. The average Bonchev–Trinajstić information content (AvgIpc) is 2.88. The Morgan fingerprint density at radius 2 is 1.77 bits per heavy atom. The van der Waals surface area contributed by atoms with Crippen LogP contribution in [0.3, 0.4) is 0 Å². The van der Waals surface area contributed by atoms with Crippen LogP contribution in [0.4, 0.5) is 10.5 Å². The van der Waals surface area contributed by atoms with Gasteiger partial charge in [-0.25, -0.2) is 4.79 Å². The van der Waals surface area contributed by atoms with Gasteiger partial charge < -0.3 is 28.4 Å². The fourth-order valence-corrected chi connectivity index (χ4v) is 3.30. The summed E-state index contributed by atoms with van der Waals surface area (Å²) in [5.41, 5.74) is 2.31. The summed E-state index contributed by atoms with van der Waals surface area (Å²) in [6.07, 6.45) is -1.46. The lowest BCUT2D eigenvalue weighted by molar-refractivity contribution is -0.384. The second-order valence-corrected chi connectivity index (χ2v) is 7.50. The van der Waals surface area contributed by atoms with E-state index in [2.05, 4.69) is 0 Å². The average molecular weight is 481 g/mol. The van der Waals surface area contributed by atoms with Crippen molar-refractivity contribution in [1.29, 1.82) is 0 Å². The maximum atomic E-state index is 11.9. The van der Waals surface area contributed by atoms with Crippen molar-refractivity contribution in [2.24, 2.45) is 0 Å². The number of carbonyl (C=O) groups is 1. The monoisotopic (exact) mass is 481 g/mol. The highest BCUT2D eigenvalue weighted by atomic mass is 16.7. The van der Waals surface area contributed by atoms with Crippen LogP contribution in [0.5, 0.6) is 17.2 Å². The van der Waals surface area contributed by atoms with Crippen LogP contribution in [-0.4, -0.2) is 31.4 Å². The van der Waals surface area contributed by atoms with Crippen molar-refractivity contribution in [2.45, 2.75) is 19.5 Å². The summed E-state index contributed by atoms with van der Waals surface area (Å²) < 4.78 is 32.5. The summed E-state index contributed by atoms with van der Waals surface area (Å²) in [5, 5.41) is 10.7. The number of fused-ring (bicyclic) bond motifs is 1. The molecule has 1 aliphatic heterocycles. The first-order valence-corrected chi connectivity index (χ1v) is 10.7. The van der Waals surface area contributed by atoms with Gasteiger partial charge in [0, 0.05) is 30.4 Å². The Bertz CT molecular complexity index is 1160. The number of carbonyl (C=O) groups excluding carboxylic acids is 1. The quantitative estimate of drug-likeness (QED) is 0.138. The first-order valence-electron chi connectivity index (χ1n) is 10.7. The number of nitrogens with zero attached hydrogens (tertiary/aromatic N) is 1. The van der Waals surface area contributed by atoms with Gasteiger partial charge in [0.2, 0.25) is 6.29 Å². The largest absolute Gasteiger partial charge is 0.514 e. The third kappa shape index (κ3) is 6.46. The van der Waals surface area contributed by atoms with Gasteiger partial charge in [-0.2, -0.15) is 0 Å². The minimum atomic E-state index is -0.918. The molecule has 0 saturated carbocycles. The fraction of sp³-hybridized carbons (Fsp3) is 0.240. The molecule has 0 bridgehead atoms. The van der Waals surface area contributed by atoms with Crippen molar-refractivity contribution in [3.63, 3.8) is 0 Å². The van der Waals surface area contributed by atoms with Crippen molar-refractivity contribution in [3.8, 4) is 17.2 Å². The van der Waals surface area contributed by atoms with E-state index >= 15 is 0 Å². The van der Waals surface area contributed by atoms with Crippen LogP contribution in [0.1, 0.15) is 23.0 Å². The molecule has 0 aliphatic carbocycles. The van der Waals surface area contributed by atoms with Gasteiger partial charge in [-0.15, -0.1) is 0 Å². The minimum absolute atomic E-state index is 0.0208. The molecular formula is C25H23NO9. The molecule has 0 N–H and O–H groups in total. The van der Waals surface area contributed by atoms with Gasteiger partial charge in [0.15, 0.2) is 0 Å². The number of hydrogen-bond acceptors (Lipinski definition) is 9. The van der Waals surface area contributed by atoms with E-state index in [9.17, 15) is 14.9 Å². The molecular weight excluding hydrogens is 458 g/mol. The molecule has 4 rings (SSSR count). The molecule has 10 heteroatoms. The molecule has 35 heavy (non-hydrogen) atoms. The van der Waals surface area contributed by atoms with Crippen molar-refractivity contribution < 1.29 is 38.1 Å². The highest BCUT2D eigenvalue weighted by molar-refractivity contribution is 5.64. The molecule has 0 amide bonds. The Hall–Kier alpha value is -4.15. The highest BCUT2D eigenvalue weighted by Crippen LogP contribution is 2.34. The maximum Gasteiger partial charge on any atom is 0.514 e. The van der Waals surface area contributed by atoms with Crippen molar-refractivity contribution in [3.05, 3.63) is 93.5 Å². The van der Waals surface area contributed by atoms with Crippen molar-refractivity contribution in [2.75, 3.05) is 20.3 Å². The number of methoxy groups -OCH3 is 1. The van der Waals surface area contributed by atoms with Gasteiger partial charge in [0.25, 0.3) is 5.69 Å². The molecule has 0 radical (unpaired) electrons. The van der Waals surface area contributed by atoms with Gasteiger partial charge in [0.05, 0.1) is 18.1 Å². The normalized spacial score (nSPS) is 14.4. The highest BCUT2D eigenvalue weighted by Gasteiger charge is 2.22. The third-order valence-corrected chi connectivity index (χ3v) is 5.06. The molecule has 10 nitrogen and oxygen atoms in total. The Morgan fingerprint density at radius 1 is 1.03 bits per heavy atom.